The molecule has 9 heteroatoms. The minimum atomic E-state index is -0.439. The zero-order valence-electron chi connectivity index (χ0n) is 13.6. The standard InChI is InChI=1S/C16H14BrN5O3/c1-20-13-12(14(23)21(2)16(20)24)19-15(17)22(13)7-8-25-11-5-3-10(9-18)4-6-11/h3-6H,7-8H2,1-2H3. The van der Waals surface area contributed by atoms with Crippen LogP contribution in [0, 0.1) is 11.3 Å². The summed E-state index contributed by atoms with van der Waals surface area (Å²) in [6, 6.07) is 8.81. The minimum Gasteiger partial charge on any atom is -0.492 e. The SMILES string of the molecule is Cn1c(=O)c2nc(Br)n(CCOc3ccc(C#N)cc3)c2n(C)c1=O. The van der Waals surface area contributed by atoms with Crippen molar-refractivity contribution >= 4 is 27.1 Å². The van der Waals surface area contributed by atoms with E-state index in [4.69, 9.17) is 10.00 Å². The zero-order valence-corrected chi connectivity index (χ0v) is 15.1. The quantitative estimate of drug-likeness (QED) is 0.608. The van der Waals surface area contributed by atoms with Crippen LogP contribution in [0.5, 0.6) is 5.75 Å². The predicted octanol–water partition coefficient (Wildman–Crippen LogP) is 1.15. The van der Waals surface area contributed by atoms with Crippen molar-refractivity contribution < 1.29 is 4.74 Å². The summed E-state index contributed by atoms with van der Waals surface area (Å²) in [5, 5.41) is 8.79. The van der Waals surface area contributed by atoms with E-state index < -0.39 is 11.2 Å². The molecule has 0 unspecified atom stereocenters. The molecule has 0 atom stereocenters. The first-order valence-electron chi connectivity index (χ1n) is 7.38. The van der Waals surface area contributed by atoms with Crippen LogP contribution in [0.4, 0.5) is 0 Å². The Bertz CT molecular complexity index is 1100. The molecule has 2 aromatic heterocycles. The normalized spacial score (nSPS) is 10.8. The maximum atomic E-state index is 12.2. The predicted molar refractivity (Wildman–Crippen MR) is 94.6 cm³/mol. The lowest BCUT2D eigenvalue weighted by Crippen LogP contribution is -2.37. The van der Waals surface area contributed by atoms with Gasteiger partial charge in [-0.3, -0.25) is 13.9 Å². The maximum absolute atomic E-state index is 12.2. The van der Waals surface area contributed by atoms with Crippen LogP contribution in [0.2, 0.25) is 0 Å². The third-order valence-corrected chi connectivity index (χ3v) is 4.47. The van der Waals surface area contributed by atoms with Crippen molar-refractivity contribution in [2.24, 2.45) is 14.1 Å². The van der Waals surface area contributed by atoms with Gasteiger partial charge in [0.25, 0.3) is 5.56 Å². The molecule has 0 aliphatic rings. The van der Waals surface area contributed by atoms with Crippen molar-refractivity contribution in [3.63, 3.8) is 0 Å². The van der Waals surface area contributed by atoms with Gasteiger partial charge in [0, 0.05) is 14.1 Å². The summed E-state index contributed by atoms with van der Waals surface area (Å²) in [6.45, 7) is 0.691. The second kappa shape index (κ2) is 6.57. The summed E-state index contributed by atoms with van der Waals surface area (Å²) in [5.41, 5.74) is 0.351. The lowest BCUT2D eigenvalue weighted by atomic mass is 10.2. The van der Waals surface area contributed by atoms with Crippen LogP contribution in [0.1, 0.15) is 5.56 Å². The molecule has 0 amide bonds. The molecule has 0 saturated carbocycles. The molecule has 0 radical (unpaired) electrons. The number of hydrogen-bond donors (Lipinski definition) is 0. The van der Waals surface area contributed by atoms with Crippen LogP contribution in [0.25, 0.3) is 11.2 Å². The average molecular weight is 404 g/mol. The van der Waals surface area contributed by atoms with Crippen LogP contribution in [-0.4, -0.2) is 25.3 Å². The van der Waals surface area contributed by atoms with Gasteiger partial charge in [-0.25, -0.2) is 9.78 Å². The number of ether oxygens (including phenoxy) is 1. The van der Waals surface area contributed by atoms with Gasteiger partial charge in [0.05, 0.1) is 18.2 Å². The van der Waals surface area contributed by atoms with Crippen molar-refractivity contribution in [3.8, 4) is 11.8 Å². The Kier molecular flexibility index (Phi) is 4.46. The first kappa shape index (κ1) is 17.0. The van der Waals surface area contributed by atoms with Crippen molar-refractivity contribution in [2.75, 3.05) is 6.61 Å². The molecule has 3 aromatic rings. The van der Waals surface area contributed by atoms with E-state index in [1.165, 1.54) is 11.6 Å². The Morgan fingerprint density at radius 3 is 2.52 bits per heavy atom. The Labute approximate surface area is 150 Å². The highest BCUT2D eigenvalue weighted by Gasteiger charge is 2.17. The van der Waals surface area contributed by atoms with E-state index in [-0.39, 0.29) is 5.52 Å². The van der Waals surface area contributed by atoms with Crippen LogP contribution < -0.4 is 16.0 Å². The molecule has 25 heavy (non-hydrogen) atoms. The molecule has 0 N–H and O–H groups in total. The maximum Gasteiger partial charge on any atom is 0.332 e. The average Bonchev–Trinajstić information content (AvgIpc) is 2.95. The fourth-order valence-corrected chi connectivity index (χ4v) is 3.06. The van der Waals surface area contributed by atoms with Crippen molar-refractivity contribution in [1.82, 2.24) is 18.7 Å². The summed E-state index contributed by atoms with van der Waals surface area (Å²) >= 11 is 3.33. The van der Waals surface area contributed by atoms with Gasteiger partial charge >= 0.3 is 5.69 Å². The van der Waals surface area contributed by atoms with Gasteiger partial charge in [-0.1, -0.05) is 0 Å². The highest BCUT2D eigenvalue weighted by atomic mass is 79.9. The molecular weight excluding hydrogens is 390 g/mol. The molecule has 0 spiro atoms. The largest absolute Gasteiger partial charge is 0.492 e. The molecule has 3 rings (SSSR count). The summed E-state index contributed by atoms with van der Waals surface area (Å²) in [5.74, 6) is 0.629. The fourth-order valence-electron chi connectivity index (χ4n) is 2.54. The highest BCUT2D eigenvalue weighted by Crippen LogP contribution is 2.17. The van der Waals surface area contributed by atoms with Gasteiger partial charge in [-0.05, 0) is 40.2 Å². The molecule has 128 valence electrons. The number of nitrogens with zero attached hydrogens (tertiary/aromatic N) is 5. The Morgan fingerprint density at radius 2 is 1.88 bits per heavy atom. The van der Waals surface area contributed by atoms with Crippen molar-refractivity contribution in [1.29, 1.82) is 5.26 Å². The van der Waals surface area contributed by atoms with E-state index in [9.17, 15) is 9.59 Å². The molecule has 0 fully saturated rings. The molecule has 8 nitrogen and oxygen atoms in total. The van der Waals surface area contributed by atoms with Gasteiger partial charge in [-0.15, -0.1) is 0 Å². The van der Waals surface area contributed by atoms with Gasteiger partial charge in [0.15, 0.2) is 15.9 Å². The number of fused-ring (bicyclic) bond motifs is 1. The second-order valence-electron chi connectivity index (χ2n) is 5.40. The lowest BCUT2D eigenvalue weighted by Gasteiger charge is -2.11. The summed E-state index contributed by atoms with van der Waals surface area (Å²) < 4.78 is 10.2. The van der Waals surface area contributed by atoms with Crippen LogP contribution in [-0.2, 0) is 20.6 Å². The molecule has 0 saturated heterocycles. The third kappa shape index (κ3) is 2.96. The van der Waals surface area contributed by atoms with Crippen LogP contribution in [0.15, 0.2) is 38.6 Å². The summed E-state index contributed by atoms with van der Waals surface area (Å²) in [4.78, 5) is 28.6. The molecule has 2 heterocycles. The van der Waals surface area contributed by atoms with E-state index >= 15 is 0 Å². The van der Waals surface area contributed by atoms with Crippen LogP contribution >= 0.6 is 15.9 Å². The van der Waals surface area contributed by atoms with E-state index in [0.29, 0.717) is 34.8 Å². The van der Waals surface area contributed by atoms with E-state index in [2.05, 4.69) is 20.9 Å². The Morgan fingerprint density at radius 1 is 1.20 bits per heavy atom. The van der Waals surface area contributed by atoms with E-state index in [0.717, 1.165) is 4.57 Å². The summed E-state index contributed by atoms with van der Waals surface area (Å²) in [7, 11) is 3.02. The summed E-state index contributed by atoms with van der Waals surface area (Å²) in [6.07, 6.45) is 0. The van der Waals surface area contributed by atoms with Gasteiger partial charge in [0.1, 0.15) is 12.4 Å². The molecular formula is C16H14BrN5O3. The smallest absolute Gasteiger partial charge is 0.332 e. The van der Waals surface area contributed by atoms with Gasteiger partial charge < -0.3 is 9.30 Å². The number of aromatic nitrogens is 4. The first-order valence-corrected chi connectivity index (χ1v) is 8.18. The lowest BCUT2D eigenvalue weighted by molar-refractivity contribution is 0.298. The zero-order chi connectivity index (χ0) is 18.1. The monoisotopic (exact) mass is 403 g/mol. The number of nitriles is 1. The van der Waals surface area contributed by atoms with Gasteiger partial charge in [-0.2, -0.15) is 5.26 Å². The first-order chi connectivity index (χ1) is 11.9. The number of aryl methyl sites for hydroxylation is 1. The number of imidazole rings is 1. The molecule has 0 aliphatic carbocycles. The Hall–Kier alpha value is -2.86. The fraction of sp³-hybridized carbons (Fsp3) is 0.250. The third-order valence-electron chi connectivity index (χ3n) is 3.86. The van der Waals surface area contributed by atoms with Crippen molar-refractivity contribution in [2.45, 2.75) is 6.54 Å². The highest BCUT2D eigenvalue weighted by molar-refractivity contribution is 9.10. The Balaban J connectivity index is 1.89. The number of hydrogen-bond acceptors (Lipinski definition) is 5. The second-order valence-corrected chi connectivity index (χ2v) is 6.10. The van der Waals surface area contributed by atoms with Crippen molar-refractivity contribution in [3.05, 3.63) is 55.4 Å². The number of benzene rings is 1. The molecule has 0 bridgehead atoms. The van der Waals surface area contributed by atoms with Gasteiger partial charge in [0.2, 0.25) is 0 Å². The van der Waals surface area contributed by atoms with E-state index in [1.54, 1.807) is 35.9 Å². The molecule has 0 aliphatic heterocycles. The van der Waals surface area contributed by atoms with E-state index in [1.807, 2.05) is 6.07 Å². The van der Waals surface area contributed by atoms with Crippen LogP contribution in [0.3, 0.4) is 0 Å². The number of halogens is 1. The molecule has 1 aromatic carbocycles. The minimum absolute atomic E-state index is 0.217. The topological polar surface area (TPSA) is 94.8 Å². The number of rotatable bonds is 4.